The molecule has 1 aromatic rings. The maximum absolute atomic E-state index is 11.4. The minimum absolute atomic E-state index is 0.438. The van der Waals surface area contributed by atoms with Gasteiger partial charge in [-0.15, -0.1) is 0 Å². The van der Waals surface area contributed by atoms with E-state index in [0.29, 0.717) is 23.9 Å². The highest BCUT2D eigenvalue weighted by Crippen LogP contribution is 2.48. The van der Waals surface area contributed by atoms with E-state index in [1.54, 1.807) is 11.7 Å². The molecular formula is C8H10BrClN2O2S. The third-order valence-electron chi connectivity index (χ3n) is 2.69. The van der Waals surface area contributed by atoms with Crippen molar-refractivity contribution in [3.8, 4) is 0 Å². The Kier molecular flexibility index (Phi) is 2.64. The van der Waals surface area contributed by atoms with Gasteiger partial charge in [0.2, 0.25) is 9.05 Å². The molecule has 0 aliphatic heterocycles. The van der Waals surface area contributed by atoms with Crippen LogP contribution in [0.15, 0.2) is 10.8 Å². The maximum Gasteiger partial charge on any atom is 0.238 e. The van der Waals surface area contributed by atoms with Gasteiger partial charge < -0.3 is 0 Å². The van der Waals surface area contributed by atoms with Gasteiger partial charge in [-0.1, -0.05) is 0 Å². The zero-order valence-electron chi connectivity index (χ0n) is 8.07. The van der Waals surface area contributed by atoms with Crippen molar-refractivity contribution in [2.75, 3.05) is 0 Å². The predicted octanol–water partition coefficient (Wildman–Crippen LogP) is 1.83. The van der Waals surface area contributed by atoms with E-state index in [0.717, 1.165) is 5.56 Å². The fourth-order valence-electron chi connectivity index (χ4n) is 1.62. The molecule has 4 nitrogen and oxygen atoms in total. The van der Waals surface area contributed by atoms with Gasteiger partial charge >= 0.3 is 0 Å². The van der Waals surface area contributed by atoms with Crippen molar-refractivity contribution in [3.05, 3.63) is 16.4 Å². The number of aromatic nitrogens is 2. The van der Waals surface area contributed by atoms with Gasteiger partial charge in [0.15, 0.2) is 0 Å². The van der Waals surface area contributed by atoms with E-state index >= 15 is 0 Å². The highest BCUT2D eigenvalue weighted by atomic mass is 79.9. The van der Waals surface area contributed by atoms with Gasteiger partial charge in [0, 0.05) is 29.5 Å². The van der Waals surface area contributed by atoms with E-state index in [4.69, 9.17) is 10.7 Å². The van der Waals surface area contributed by atoms with Gasteiger partial charge in [-0.05, 0) is 35.2 Å². The van der Waals surface area contributed by atoms with E-state index in [9.17, 15) is 8.42 Å². The summed E-state index contributed by atoms with van der Waals surface area (Å²) in [5.74, 6) is 0. The largest absolute Gasteiger partial charge is 0.274 e. The minimum atomic E-state index is -3.48. The van der Waals surface area contributed by atoms with Gasteiger partial charge in [0.1, 0.15) is 4.60 Å². The van der Waals surface area contributed by atoms with Crippen LogP contribution in [0, 0.1) is 0 Å². The van der Waals surface area contributed by atoms with Crippen LogP contribution in [0.2, 0.25) is 0 Å². The SMILES string of the molecule is Cn1cc(CC2(S(=O)(=O)Cl)CC2)c(Br)n1. The third-order valence-corrected chi connectivity index (χ3v) is 5.93. The van der Waals surface area contributed by atoms with Crippen LogP contribution in [0.4, 0.5) is 0 Å². The molecule has 15 heavy (non-hydrogen) atoms. The van der Waals surface area contributed by atoms with E-state index in [2.05, 4.69) is 21.0 Å². The molecule has 0 radical (unpaired) electrons. The monoisotopic (exact) mass is 312 g/mol. The summed E-state index contributed by atoms with van der Waals surface area (Å²) in [5, 5.41) is 4.10. The quantitative estimate of drug-likeness (QED) is 0.800. The Morgan fingerprint density at radius 2 is 2.27 bits per heavy atom. The van der Waals surface area contributed by atoms with Crippen molar-refractivity contribution in [3.63, 3.8) is 0 Å². The number of halogens is 2. The second-order valence-electron chi connectivity index (χ2n) is 3.92. The first-order chi connectivity index (χ1) is 6.84. The first-order valence-corrected chi connectivity index (χ1v) is 7.56. The summed E-state index contributed by atoms with van der Waals surface area (Å²) in [6.45, 7) is 0. The van der Waals surface area contributed by atoms with E-state index < -0.39 is 13.8 Å². The molecule has 0 atom stereocenters. The number of aryl methyl sites for hydroxylation is 1. The highest BCUT2D eigenvalue weighted by Gasteiger charge is 2.54. The van der Waals surface area contributed by atoms with Crippen molar-refractivity contribution in [1.82, 2.24) is 9.78 Å². The first kappa shape index (κ1) is 11.4. The Morgan fingerprint density at radius 1 is 1.67 bits per heavy atom. The molecule has 7 heteroatoms. The second-order valence-corrected chi connectivity index (χ2v) is 7.63. The zero-order chi connectivity index (χ0) is 11.3. The van der Waals surface area contributed by atoms with Crippen molar-refractivity contribution in [2.24, 2.45) is 7.05 Å². The Morgan fingerprint density at radius 3 is 2.60 bits per heavy atom. The molecule has 0 bridgehead atoms. The molecule has 0 N–H and O–H groups in total. The van der Waals surface area contributed by atoms with Crippen LogP contribution in [0.1, 0.15) is 18.4 Å². The standard InChI is InChI=1S/C8H10BrClN2O2S/c1-12-5-6(7(9)11-12)4-8(2-3-8)15(10,13)14/h5H,2-4H2,1H3. The number of rotatable bonds is 3. The molecule has 1 aliphatic rings. The predicted molar refractivity (Wildman–Crippen MR) is 61.3 cm³/mol. The van der Waals surface area contributed by atoms with E-state index in [1.165, 1.54) is 0 Å². The van der Waals surface area contributed by atoms with Crippen molar-refractivity contribution < 1.29 is 8.42 Å². The lowest BCUT2D eigenvalue weighted by molar-refractivity contribution is 0.590. The van der Waals surface area contributed by atoms with Crippen molar-refractivity contribution >= 4 is 35.7 Å². The minimum Gasteiger partial charge on any atom is -0.274 e. The van der Waals surface area contributed by atoms with Crippen LogP contribution < -0.4 is 0 Å². The molecule has 1 aliphatic carbocycles. The van der Waals surface area contributed by atoms with Crippen LogP contribution in [-0.4, -0.2) is 22.9 Å². The molecule has 0 unspecified atom stereocenters. The number of nitrogens with zero attached hydrogens (tertiary/aromatic N) is 2. The summed E-state index contributed by atoms with van der Waals surface area (Å²) in [7, 11) is 3.74. The summed E-state index contributed by atoms with van der Waals surface area (Å²) in [5.41, 5.74) is 0.888. The van der Waals surface area contributed by atoms with E-state index in [-0.39, 0.29) is 0 Å². The molecule has 0 spiro atoms. The van der Waals surface area contributed by atoms with Crippen molar-refractivity contribution in [2.45, 2.75) is 24.0 Å². The van der Waals surface area contributed by atoms with E-state index in [1.807, 2.05) is 6.20 Å². The number of hydrogen-bond acceptors (Lipinski definition) is 3. The lowest BCUT2D eigenvalue weighted by atomic mass is 10.2. The molecule has 0 aromatic carbocycles. The summed E-state index contributed by atoms with van der Waals surface area (Å²) in [6.07, 6.45) is 3.53. The Hall–Kier alpha value is -0.0700. The zero-order valence-corrected chi connectivity index (χ0v) is 11.2. The van der Waals surface area contributed by atoms with Crippen LogP contribution in [0.25, 0.3) is 0 Å². The lowest BCUT2D eigenvalue weighted by Crippen LogP contribution is -2.20. The van der Waals surface area contributed by atoms with Crippen LogP contribution >= 0.6 is 26.6 Å². The molecule has 2 rings (SSSR count). The topological polar surface area (TPSA) is 52.0 Å². The molecule has 1 saturated carbocycles. The van der Waals surface area contributed by atoms with Crippen molar-refractivity contribution in [1.29, 1.82) is 0 Å². The summed E-state index contributed by atoms with van der Waals surface area (Å²) in [4.78, 5) is 0. The Labute approximate surface area is 101 Å². The molecular weight excluding hydrogens is 304 g/mol. The number of hydrogen-bond donors (Lipinski definition) is 0. The fourth-order valence-corrected chi connectivity index (χ4v) is 3.66. The average Bonchev–Trinajstić information content (AvgIpc) is 2.76. The van der Waals surface area contributed by atoms with Crippen LogP contribution in [-0.2, 0) is 22.5 Å². The van der Waals surface area contributed by atoms with Gasteiger partial charge in [0.25, 0.3) is 0 Å². The van der Waals surface area contributed by atoms with Gasteiger partial charge in [-0.2, -0.15) is 5.10 Å². The van der Waals surface area contributed by atoms with Gasteiger partial charge in [-0.3, -0.25) is 4.68 Å². The fraction of sp³-hybridized carbons (Fsp3) is 0.625. The Bertz CT molecular complexity index is 493. The molecule has 1 fully saturated rings. The van der Waals surface area contributed by atoms with Gasteiger partial charge in [-0.25, -0.2) is 8.42 Å². The highest BCUT2D eigenvalue weighted by molar-refractivity contribution is 9.10. The third kappa shape index (κ3) is 2.07. The summed E-state index contributed by atoms with van der Waals surface area (Å²) >= 11 is 3.29. The molecule has 1 aromatic heterocycles. The average molecular weight is 314 g/mol. The summed E-state index contributed by atoms with van der Waals surface area (Å²) in [6, 6.07) is 0. The molecule has 1 heterocycles. The van der Waals surface area contributed by atoms with Gasteiger partial charge in [0.05, 0.1) is 4.75 Å². The first-order valence-electron chi connectivity index (χ1n) is 4.46. The smallest absolute Gasteiger partial charge is 0.238 e. The second kappa shape index (κ2) is 3.46. The molecule has 0 saturated heterocycles. The summed E-state index contributed by atoms with van der Waals surface area (Å²) < 4.78 is 24.3. The van der Waals surface area contributed by atoms with Crippen LogP contribution in [0.5, 0.6) is 0 Å². The Balaban J connectivity index is 2.27. The normalized spacial score (nSPS) is 19.1. The lowest BCUT2D eigenvalue weighted by Gasteiger charge is -2.09. The van der Waals surface area contributed by atoms with Crippen LogP contribution in [0.3, 0.4) is 0 Å². The maximum atomic E-state index is 11.4. The molecule has 0 amide bonds. The molecule has 84 valence electrons.